The summed E-state index contributed by atoms with van der Waals surface area (Å²) in [7, 11) is 4.14. The maximum atomic E-state index is 11.5. The lowest BCUT2D eigenvalue weighted by Crippen LogP contribution is -2.51. The Morgan fingerprint density at radius 1 is 1.00 bits per heavy atom. The normalized spacial score (nSPS) is 23.0. The summed E-state index contributed by atoms with van der Waals surface area (Å²) >= 11 is 0. The van der Waals surface area contributed by atoms with Crippen LogP contribution in [0, 0.1) is 0 Å². The van der Waals surface area contributed by atoms with Gasteiger partial charge in [-0.2, -0.15) is 0 Å². The Morgan fingerprint density at radius 2 is 1.47 bits per heavy atom. The van der Waals surface area contributed by atoms with Crippen LogP contribution >= 0.6 is 0 Å². The van der Waals surface area contributed by atoms with Crippen molar-refractivity contribution in [2.24, 2.45) is 0 Å². The molecule has 19 heavy (non-hydrogen) atoms. The third-order valence-corrected chi connectivity index (χ3v) is 4.94. The van der Waals surface area contributed by atoms with Crippen LogP contribution in [0.1, 0.15) is 58.3 Å². The predicted octanol–water partition coefficient (Wildman–Crippen LogP) is 3.67. The van der Waals surface area contributed by atoms with E-state index < -0.39 is 5.60 Å². The second kappa shape index (κ2) is 6.23. The lowest BCUT2D eigenvalue weighted by molar-refractivity contribution is 0.0288. The zero-order valence-corrected chi connectivity index (χ0v) is 12.8. The van der Waals surface area contributed by atoms with E-state index in [1.165, 1.54) is 36.8 Å². The first kappa shape index (κ1) is 14.8. The van der Waals surface area contributed by atoms with Crippen molar-refractivity contribution in [2.45, 2.75) is 69.9 Å². The first-order valence-electron chi connectivity index (χ1n) is 7.84. The second-order valence-electron chi connectivity index (χ2n) is 6.36. The van der Waals surface area contributed by atoms with Gasteiger partial charge in [0.25, 0.3) is 0 Å². The molecule has 0 aromatic rings. The molecule has 0 saturated heterocycles. The van der Waals surface area contributed by atoms with Gasteiger partial charge in [-0.15, -0.1) is 0 Å². The molecule has 0 aromatic carbocycles. The molecule has 2 aliphatic rings. The highest BCUT2D eigenvalue weighted by Gasteiger charge is 2.42. The number of hydrogen-bond acceptors (Lipinski definition) is 2. The van der Waals surface area contributed by atoms with Gasteiger partial charge in [0.15, 0.2) is 0 Å². The van der Waals surface area contributed by atoms with Gasteiger partial charge in [-0.05, 0) is 83.5 Å². The third-order valence-electron chi connectivity index (χ3n) is 4.94. The summed E-state index contributed by atoms with van der Waals surface area (Å²) in [4.78, 5) is 2.16. The minimum absolute atomic E-state index is 0.140. The Morgan fingerprint density at radius 3 is 1.79 bits per heavy atom. The largest absolute Gasteiger partial charge is 0.379 e. The maximum Gasteiger partial charge on any atom is 0.122 e. The Hall–Kier alpha value is -0.600. The van der Waals surface area contributed by atoms with Crippen LogP contribution in [0.25, 0.3) is 0 Å². The number of aliphatic hydroxyl groups is 1. The minimum atomic E-state index is -0.732. The van der Waals surface area contributed by atoms with Gasteiger partial charge >= 0.3 is 0 Å². The highest BCUT2D eigenvalue weighted by atomic mass is 16.3. The van der Waals surface area contributed by atoms with Gasteiger partial charge in [0, 0.05) is 6.04 Å². The van der Waals surface area contributed by atoms with Crippen LogP contribution in [0.5, 0.6) is 0 Å². The predicted molar refractivity (Wildman–Crippen MR) is 81.2 cm³/mol. The zero-order chi connectivity index (χ0) is 13.9. The molecule has 1 atom stereocenters. The average molecular weight is 263 g/mol. The lowest BCUT2D eigenvalue weighted by atomic mass is 9.72. The number of likely N-dealkylation sites (N-methyl/N-ethyl adjacent to an activating group) is 1. The van der Waals surface area contributed by atoms with Gasteiger partial charge in [0.2, 0.25) is 0 Å². The topological polar surface area (TPSA) is 23.5 Å². The molecular weight excluding hydrogens is 234 g/mol. The van der Waals surface area contributed by atoms with E-state index in [1.807, 2.05) is 0 Å². The van der Waals surface area contributed by atoms with Crippen molar-refractivity contribution in [3.05, 3.63) is 23.3 Å². The number of rotatable bonds is 4. The SMILES string of the molecule is CC(N(C)C)C(O)(C1=CCCCC1)C1=CCCCC1. The number of hydrogen-bond donors (Lipinski definition) is 1. The molecule has 2 rings (SSSR count). The maximum absolute atomic E-state index is 11.5. The summed E-state index contributed by atoms with van der Waals surface area (Å²) in [6, 6.07) is 0.140. The quantitative estimate of drug-likeness (QED) is 0.782. The molecule has 2 aliphatic carbocycles. The summed E-state index contributed by atoms with van der Waals surface area (Å²) in [6.45, 7) is 2.16. The van der Waals surface area contributed by atoms with Crippen LogP contribution in [0.3, 0.4) is 0 Å². The van der Waals surface area contributed by atoms with Gasteiger partial charge in [-0.1, -0.05) is 12.2 Å². The highest BCUT2D eigenvalue weighted by Crippen LogP contribution is 2.40. The monoisotopic (exact) mass is 263 g/mol. The Balaban J connectivity index is 2.36. The Bertz CT molecular complexity index is 341. The van der Waals surface area contributed by atoms with Crippen LogP contribution in [0.15, 0.2) is 23.3 Å². The third kappa shape index (κ3) is 2.95. The Kier molecular flexibility index (Phi) is 4.86. The fourth-order valence-corrected chi connectivity index (χ4v) is 3.49. The molecule has 0 bridgehead atoms. The zero-order valence-electron chi connectivity index (χ0n) is 12.8. The molecule has 0 amide bonds. The average Bonchev–Trinajstić information content (AvgIpc) is 2.47. The van der Waals surface area contributed by atoms with Crippen molar-refractivity contribution in [3.8, 4) is 0 Å². The van der Waals surface area contributed by atoms with Crippen molar-refractivity contribution in [1.29, 1.82) is 0 Å². The molecule has 0 fully saturated rings. The molecule has 108 valence electrons. The van der Waals surface area contributed by atoms with Crippen LogP contribution in [-0.4, -0.2) is 35.7 Å². The van der Waals surface area contributed by atoms with Crippen LogP contribution < -0.4 is 0 Å². The molecule has 1 N–H and O–H groups in total. The van der Waals surface area contributed by atoms with Gasteiger partial charge in [0.1, 0.15) is 5.60 Å². The summed E-state index contributed by atoms with van der Waals surface area (Å²) < 4.78 is 0. The second-order valence-corrected chi connectivity index (χ2v) is 6.36. The van der Waals surface area contributed by atoms with Crippen molar-refractivity contribution < 1.29 is 5.11 Å². The van der Waals surface area contributed by atoms with E-state index in [9.17, 15) is 5.11 Å². The van der Waals surface area contributed by atoms with E-state index in [2.05, 4.69) is 38.1 Å². The van der Waals surface area contributed by atoms with Crippen molar-refractivity contribution in [3.63, 3.8) is 0 Å². The summed E-state index contributed by atoms with van der Waals surface area (Å²) in [6.07, 6.45) is 14.0. The van der Waals surface area contributed by atoms with Crippen molar-refractivity contribution in [1.82, 2.24) is 4.90 Å². The van der Waals surface area contributed by atoms with Crippen LogP contribution in [0.2, 0.25) is 0 Å². The molecule has 2 nitrogen and oxygen atoms in total. The van der Waals surface area contributed by atoms with E-state index in [-0.39, 0.29) is 6.04 Å². The fourth-order valence-electron chi connectivity index (χ4n) is 3.49. The molecule has 0 heterocycles. The summed E-state index contributed by atoms with van der Waals surface area (Å²) in [5.41, 5.74) is 1.81. The van der Waals surface area contributed by atoms with Gasteiger partial charge in [-0.3, -0.25) is 0 Å². The molecule has 0 saturated carbocycles. The van der Waals surface area contributed by atoms with E-state index in [0.29, 0.717) is 0 Å². The molecule has 0 spiro atoms. The highest BCUT2D eigenvalue weighted by molar-refractivity contribution is 5.36. The standard InChI is InChI=1S/C17H29NO/c1-14(18(2)3)17(19,15-10-6-4-7-11-15)16-12-8-5-9-13-16/h10,12,14,19H,4-9,11,13H2,1-3H3. The van der Waals surface area contributed by atoms with Crippen LogP contribution in [-0.2, 0) is 0 Å². The molecular formula is C17H29NO. The molecule has 0 aliphatic heterocycles. The Labute approximate surface area is 118 Å². The molecule has 2 heteroatoms. The summed E-state index contributed by atoms with van der Waals surface area (Å²) in [5.74, 6) is 0. The minimum Gasteiger partial charge on any atom is -0.379 e. The van der Waals surface area contributed by atoms with Gasteiger partial charge in [0.05, 0.1) is 0 Å². The fraction of sp³-hybridized carbons (Fsp3) is 0.765. The first-order valence-corrected chi connectivity index (χ1v) is 7.84. The smallest absolute Gasteiger partial charge is 0.122 e. The molecule has 1 unspecified atom stereocenters. The molecule has 0 radical (unpaired) electrons. The van der Waals surface area contributed by atoms with Crippen LogP contribution in [0.4, 0.5) is 0 Å². The van der Waals surface area contributed by atoms with E-state index in [0.717, 1.165) is 25.7 Å². The summed E-state index contributed by atoms with van der Waals surface area (Å²) in [5, 5.41) is 11.5. The number of nitrogens with zero attached hydrogens (tertiary/aromatic N) is 1. The van der Waals surface area contributed by atoms with Gasteiger partial charge in [-0.25, -0.2) is 0 Å². The van der Waals surface area contributed by atoms with Crippen molar-refractivity contribution >= 4 is 0 Å². The van der Waals surface area contributed by atoms with E-state index in [4.69, 9.17) is 0 Å². The number of allylic oxidation sites excluding steroid dienone is 2. The van der Waals surface area contributed by atoms with E-state index in [1.54, 1.807) is 0 Å². The lowest BCUT2D eigenvalue weighted by Gasteiger charge is -2.43. The molecule has 0 aromatic heterocycles. The van der Waals surface area contributed by atoms with Gasteiger partial charge < -0.3 is 10.0 Å². The first-order chi connectivity index (χ1) is 9.06. The van der Waals surface area contributed by atoms with Crippen molar-refractivity contribution in [2.75, 3.05) is 14.1 Å². The van der Waals surface area contributed by atoms with E-state index >= 15 is 0 Å².